The van der Waals surface area contributed by atoms with Crippen LogP contribution in [0, 0.1) is 0 Å². The number of aromatic nitrogens is 1. The first-order chi connectivity index (χ1) is 13.7. The fraction of sp³-hybridized carbons (Fsp3) is 0.571. The van der Waals surface area contributed by atoms with Gasteiger partial charge in [0.1, 0.15) is 11.3 Å². The Bertz CT molecular complexity index is 813. The Balaban J connectivity index is 2.31. The second kappa shape index (κ2) is 8.77. The highest BCUT2D eigenvalue weighted by molar-refractivity contribution is 6.56. The Kier molecular flexibility index (Phi) is 6.99. The fourth-order valence-electron chi connectivity index (χ4n) is 2.63. The Labute approximate surface area is 178 Å². The van der Waals surface area contributed by atoms with E-state index in [0.717, 1.165) is 0 Å². The van der Waals surface area contributed by atoms with Gasteiger partial charge in [-0.15, -0.1) is 0 Å². The molecular formula is C21H31BN2O6. The molecule has 1 fully saturated rings. The standard InChI is InChI=1S/C21H31BN2O6/c1-19(2,3)28-18(26)23-13-14(22-29-20(4,5)21(6,7)30-22)12-15-10-9-11-16(24-15)17(25)27-8/h9-12H,13H2,1-8H3,(H,23,26). The van der Waals surface area contributed by atoms with Crippen LogP contribution in [0.4, 0.5) is 4.79 Å². The van der Waals surface area contributed by atoms with Gasteiger partial charge in [0.15, 0.2) is 0 Å². The van der Waals surface area contributed by atoms with Crippen LogP contribution in [0.2, 0.25) is 0 Å². The van der Waals surface area contributed by atoms with E-state index in [0.29, 0.717) is 11.2 Å². The zero-order chi connectivity index (χ0) is 22.7. The van der Waals surface area contributed by atoms with Gasteiger partial charge < -0.3 is 24.1 Å². The second-order valence-electron chi connectivity index (χ2n) is 9.10. The number of alkyl carbamates (subject to hydrolysis) is 1. The minimum atomic E-state index is -0.700. The van der Waals surface area contributed by atoms with E-state index in [1.807, 2.05) is 27.7 Å². The normalized spacial score (nSPS) is 18.1. The summed E-state index contributed by atoms with van der Waals surface area (Å²) in [5, 5.41) is 2.73. The number of nitrogens with one attached hydrogen (secondary N) is 1. The average molecular weight is 418 g/mol. The summed E-state index contributed by atoms with van der Waals surface area (Å²) in [6.45, 7) is 13.3. The highest BCUT2D eigenvalue weighted by Gasteiger charge is 2.52. The molecule has 1 saturated heterocycles. The van der Waals surface area contributed by atoms with E-state index in [1.54, 1.807) is 45.0 Å². The van der Waals surface area contributed by atoms with Crippen molar-refractivity contribution >= 4 is 25.3 Å². The average Bonchev–Trinajstić information content (AvgIpc) is 2.84. The minimum Gasteiger partial charge on any atom is -0.464 e. The molecule has 0 aromatic carbocycles. The lowest BCUT2D eigenvalue weighted by atomic mass is 9.77. The SMILES string of the molecule is COC(=O)c1cccc(C=C(CNC(=O)OC(C)(C)C)B2OC(C)(C)C(C)(C)O2)n1. The summed E-state index contributed by atoms with van der Waals surface area (Å²) in [6.07, 6.45) is 1.17. The highest BCUT2D eigenvalue weighted by atomic mass is 16.7. The van der Waals surface area contributed by atoms with Crippen LogP contribution < -0.4 is 5.32 Å². The number of ether oxygens (including phenoxy) is 2. The molecule has 9 heteroatoms. The van der Waals surface area contributed by atoms with Gasteiger partial charge in [-0.3, -0.25) is 0 Å². The van der Waals surface area contributed by atoms with E-state index in [9.17, 15) is 9.59 Å². The molecule has 1 aliphatic rings. The number of esters is 1. The number of carbonyl (C=O) groups is 2. The Hall–Kier alpha value is -2.39. The smallest absolute Gasteiger partial charge is 0.464 e. The first-order valence-electron chi connectivity index (χ1n) is 9.82. The maximum atomic E-state index is 12.1. The van der Waals surface area contributed by atoms with E-state index < -0.39 is 36.0 Å². The number of nitrogens with zero attached hydrogens (tertiary/aromatic N) is 1. The van der Waals surface area contributed by atoms with Crippen LogP contribution in [0.3, 0.4) is 0 Å². The van der Waals surface area contributed by atoms with Gasteiger partial charge in [0, 0.05) is 6.54 Å². The van der Waals surface area contributed by atoms with Crippen molar-refractivity contribution in [2.24, 2.45) is 0 Å². The summed E-state index contributed by atoms with van der Waals surface area (Å²) in [5.41, 5.74) is -0.398. The molecule has 2 heterocycles. The molecule has 0 bridgehead atoms. The third-order valence-electron chi connectivity index (χ3n) is 4.89. The molecule has 1 aromatic rings. The van der Waals surface area contributed by atoms with Gasteiger partial charge in [0.25, 0.3) is 0 Å². The number of hydrogen-bond donors (Lipinski definition) is 1. The third-order valence-corrected chi connectivity index (χ3v) is 4.89. The molecular weight excluding hydrogens is 387 g/mol. The first kappa shape index (κ1) is 23.9. The van der Waals surface area contributed by atoms with Crippen molar-refractivity contribution in [1.29, 1.82) is 0 Å². The van der Waals surface area contributed by atoms with E-state index in [-0.39, 0.29) is 12.2 Å². The van der Waals surface area contributed by atoms with Crippen LogP contribution in [0.25, 0.3) is 6.08 Å². The molecule has 1 N–H and O–H groups in total. The summed E-state index contributed by atoms with van der Waals surface area (Å²) in [7, 11) is 0.598. The third kappa shape index (κ3) is 6.06. The van der Waals surface area contributed by atoms with Crippen molar-refractivity contribution in [2.75, 3.05) is 13.7 Å². The highest BCUT2D eigenvalue weighted by Crippen LogP contribution is 2.38. The summed E-state index contributed by atoms with van der Waals surface area (Å²) >= 11 is 0. The summed E-state index contributed by atoms with van der Waals surface area (Å²) < 4.78 is 22.3. The van der Waals surface area contributed by atoms with Gasteiger partial charge >= 0.3 is 19.2 Å². The van der Waals surface area contributed by atoms with Crippen molar-refractivity contribution in [3.63, 3.8) is 0 Å². The van der Waals surface area contributed by atoms with Crippen molar-refractivity contribution < 1.29 is 28.4 Å². The zero-order valence-electron chi connectivity index (χ0n) is 19.0. The maximum absolute atomic E-state index is 12.1. The van der Waals surface area contributed by atoms with Crippen molar-refractivity contribution in [3.8, 4) is 0 Å². The molecule has 1 aromatic heterocycles. The quantitative estimate of drug-likeness (QED) is 0.578. The van der Waals surface area contributed by atoms with Crippen LogP contribution in [-0.4, -0.2) is 54.6 Å². The lowest BCUT2D eigenvalue weighted by Gasteiger charge is -2.32. The Morgan fingerprint density at radius 3 is 2.30 bits per heavy atom. The fourth-order valence-corrected chi connectivity index (χ4v) is 2.63. The molecule has 2 rings (SSSR count). The van der Waals surface area contributed by atoms with E-state index in [2.05, 4.69) is 10.3 Å². The van der Waals surface area contributed by atoms with Crippen molar-refractivity contribution in [1.82, 2.24) is 10.3 Å². The molecule has 30 heavy (non-hydrogen) atoms. The van der Waals surface area contributed by atoms with Gasteiger partial charge in [-0.05, 0) is 72.1 Å². The van der Waals surface area contributed by atoms with Crippen LogP contribution >= 0.6 is 0 Å². The molecule has 0 spiro atoms. The molecule has 0 saturated carbocycles. The van der Waals surface area contributed by atoms with Crippen LogP contribution in [-0.2, 0) is 18.8 Å². The maximum Gasteiger partial charge on any atom is 0.492 e. The summed E-state index contributed by atoms with van der Waals surface area (Å²) in [5.74, 6) is -0.533. The predicted octanol–water partition coefficient (Wildman–Crippen LogP) is 3.41. The lowest BCUT2D eigenvalue weighted by Crippen LogP contribution is -2.41. The molecule has 8 nitrogen and oxygen atoms in total. The van der Waals surface area contributed by atoms with E-state index in [1.165, 1.54) is 7.11 Å². The van der Waals surface area contributed by atoms with Crippen LogP contribution in [0.15, 0.2) is 23.7 Å². The van der Waals surface area contributed by atoms with Crippen molar-refractivity contribution in [2.45, 2.75) is 65.3 Å². The van der Waals surface area contributed by atoms with Gasteiger partial charge in [-0.25, -0.2) is 14.6 Å². The van der Waals surface area contributed by atoms with Gasteiger partial charge in [0.2, 0.25) is 0 Å². The molecule has 1 aliphatic heterocycles. The minimum absolute atomic E-state index is 0.121. The zero-order valence-corrected chi connectivity index (χ0v) is 19.0. The summed E-state index contributed by atoms with van der Waals surface area (Å²) in [4.78, 5) is 28.3. The largest absolute Gasteiger partial charge is 0.492 e. The van der Waals surface area contributed by atoms with Gasteiger partial charge in [-0.1, -0.05) is 6.07 Å². The number of rotatable bonds is 5. The number of methoxy groups -OCH3 is 1. The number of amides is 1. The number of pyridine rings is 1. The lowest BCUT2D eigenvalue weighted by molar-refractivity contribution is 0.00578. The van der Waals surface area contributed by atoms with Crippen molar-refractivity contribution in [3.05, 3.63) is 35.1 Å². The van der Waals surface area contributed by atoms with Crippen LogP contribution in [0.5, 0.6) is 0 Å². The second-order valence-corrected chi connectivity index (χ2v) is 9.10. The van der Waals surface area contributed by atoms with E-state index in [4.69, 9.17) is 18.8 Å². The number of carbonyl (C=O) groups excluding carboxylic acids is 2. The monoisotopic (exact) mass is 418 g/mol. The molecule has 0 unspecified atom stereocenters. The van der Waals surface area contributed by atoms with Crippen LogP contribution in [0.1, 0.15) is 64.6 Å². The predicted molar refractivity (Wildman–Crippen MR) is 114 cm³/mol. The van der Waals surface area contributed by atoms with Gasteiger partial charge in [0.05, 0.1) is 24.0 Å². The molecule has 164 valence electrons. The Morgan fingerprint density at radius 2 is 1.77 bits per heavy atom. The number of hydrogen-bond acceptors (Lipinski definition) is 7. The molecule has 0 atom stereocenters. The Morgan fingerprint density at radius 1 is 1.17 bits per heavy atom. The first-order valence-corrected chi connectivity index (χ1v) is 9.82. The van der Waals surface area contributed by atoms with E-state index >= 15 is 0 Å². The molecule has 0 radical (unpaired) electrons. The molecule has 1 amide bonds. The van der Waals surface area contributed by atoms with Gasteiger partial charge in [-0.2, -0.15) is 0 Å². The summed E-state index contributed by atoms with van der Waals surface area (Å²) in [6, 6.07) is 5.01. The topological polar surface area (TPSA) is 96.0 Å². The molecule has 0 aliphatic carbocycles.